The first-order valence-electron chi connectivity index (χ1n) is 9.15. The maximum atomic E-state index is 14.3. The Morgan fingerprint density at radius 1 is 1.31 bits per heavy atom. The van der Waals surface area contributed by atoms with Gasteiger partial charge in [-0.25, -0.2) is 9.18 Å². The Balaban J connectivity index is 1.70. The molecule has 3 aromatic heterocycles. The van der Waals surface area contributed by atoms with Crippen LogP contribution in [0.3, 0.4) is 0 Å². The van der Waals surface area contributed by atoms with Crippen molar-refractivity contribution in [1.82, 2.24) is 19.7 Å². The van der Waals surface area contributed by atoms with Crippen molar-refractivity contribution >= 4 is 22.3 Å². The zero-order chi connectivity index (χ0) is 20.4. The minimum atomic E-state index is -1.94. The van der Waals surface area contributed by atoms with Gasteiger partial charge in [-0.2, -0.15) is 5.10 Å². The summed E-state index contributed by atoms with van der Waals surface area (Å²) in [6, 6.07) is 2.29. The fourth-order valence-corrected chi connectivity index (χ4v) is 3.96. The van der Waals surface area contributed by atoms with Crippen LogP contribution in [0.5, 0.6) is 0 Å². The molecule has 8 nitrogen and oxygen atoms in total. The van der Waals surface area contributed by atoms with Gasteiger partial charge in [-0.05, 0) is 43.9 Å². The molecule has 150 valence electrons. The van der Waals surface area contributed by atoms with E-state index in [-0.39, 0.29) is 10.6 Å². The van der Waals surface area contributed by atoms with Crippen LogP contribution >= 0.6 is 0 Å². The maximum Gasteiger partial charge on any atom is 0.322 e. The Hall–Kier alpha value is -3.14. The van der Waals surface area contributed by atoms with E-state index in [1.165, 1.54) is 18.5 Å². The second-order valence-corrected chi connectivity index (χ2v) is 7.56. The summed E-state index contributed by atoms with van der Waals surface area (Å²) in [5, 5.41) is 6.99. The highest BCUT2D eigenvalue weighted by Gasteiger charge is 2.22. The summed E-state index contributed by atoms with van der Waals surface area (Å²) < 4.78 is 32.0. The van der Waals surface area contributed by atoms with E-state index in [9.17, 15) is 13.4 Å². The maximum absolute atomic E-state index is 14.3. The van der Waals surface area contributed by atoms with Gasteiger partial charge in [-0.1, -0.05) is 0 Å². The molecule has 0 aromatic carbocycles. The first kappa shape index (κ1) is 19.2. The van der Waals surface area contributed by atoms with E-state index in [0.717, 1.165) is 30.3 Å². The summed E-state index contributed by atoms with van der Waals surface area (Å²) in [4.78, 5) is 20.7. The van der Waals surface area contributed by atoms with E-state index >= 15 is 0 Å². The monoisotopic (exact) mass is 413 g/mol. The van der Waals surface area contributed by atoms with Crippen molar-refractivity contribution in [3.63, 3.8) is 0 Å². The molecule has 0 aliphatic heterocycles. The Bertz CT molecular complexity index is 1170. The van der Waals surface area contributed by atoms with Gasteiger partial charge in [0.25, 0.3) is 0 Å². The number of nitrogens with zero attached hydrogens (tertiary/aromatic N) is 5. The molecule has 0 fully saturated rings. The van der Waals surface area contributed by atoms with Crippen LogP contribution < -0.4 is 5.32 Å². The molecule has 1 aliphatic rings. The van der Waals surface area contributed by atoms with Gasteiger partial charge in [-0.15, -0.1) is 10.6 Å². The van der Waals surface area contributed by atoms with E-state index in [0.29, 0.717) is 24.2 Å². The number of urea groups is 1. The number of anilines is 1. The Kier molecular flexibility index (Phi) is 5.34. The van der Waals surface area contributed by atoms with E-state index in [4.69, 9.17) is 0 Å². The molecule has 2 amide bonds. The van der Waals surface area contributed by atoms with Crippen molar-refractivity contribution in [2.75, 3.05) is 5.32 Å². The van der Waals surface area contributed by atoms with Crippen molar-refractivity contribution in [3.8, 4) is 11.1 Å². The van der Waals surface area contributed by atoms with Gasteiger partial charge in [0.05, 0.1) is 11.9 Å². The molecule has 0 unspecified atom stereocenters. The molecule has 10 heteroatoms. The summed E-state index contributed by atoms with van der Waals surface area (Å²) >= 11 is 0. The van der Waals surface area contributed by atoms with Crippen LogP contribution in [0.1, 0.15) is 24.6 Å². The number of amides is 2. The molecule has 0 saturated carbocycles. The third-order valence-electron chi connectivity index (χ3n) is 4.69. The molecule has 3 aromatic rings. The largest absolute Gasteiger partial charge is 0.438 e. The molecule has 4 rings (SSSR count). The molecule has 0 bridgehead atoms. The quantitative estimate of drug-likeness (QED) is 0.657. The standard InChI is InChI=1S/C19H18FN6O2S/c1-2-26-9-7-17(24-26)29(28)25-19(27)23-18-13-4-3-5-16(13)22-10-14(18)12-6-8-21-11-15(12)20/h6-11H,2-5H2,1H3,(H,22,23,27)/q-1. The van der Waals surface area contributed by atoms with Gasteiger partial charge in [0.2, 0.25) is 0 Å². The predicted octanol–water partition coefficient (Wildman–Crippen LogP) is 3.73. The fraction of sp³-hybridized carbons (Fsp3) is 0.263. The lowest BCUT2D eigenvalue weighted by Gasteiger charge is -2.15. The topological polar surface area (TPSA) is 102 Å². The van der Waals surface area contributed by atoms with Crippen LogP contribution in [-0.2, 0) is 34.2 Å². The highest BCUT2D eigenvalue weighted by molar-refractivity contribution is 7.75. The Labute approximate surface area is 168 Å². The van der Waals surface area contributed by atoms with Crippen molar-refractivity contribution in [2.24, 2.45) is 4.36 Å². The van der Waals surface area contributed by atoms with Crippen LogP contribution in [0.25, 0.3) is 11.1 Å². The van der Waals surface area contributed by atoms with Crippen LogP contribution in [0.2, 0.25) is 0 Å². The summed E-state index contributed by atoms with van der Waals surface area (Å²) in [5.41, 5.74) is 2.88. The minimum Gasteiger partial charge on any atom is -0.438 e. The number of carbonyl (C=O) groups is 1. The molecular weight excluding hydrogens is 395 g/mol. The number of rotatable bonds is 4. The van der Waals surface area contributed by atoms with E-state index in [1.807, 2.05) is 6.92 Å². The van der Waals surface area contributed by atoms with Gasteiger partial charge in [-0.3, -0.25) is 14.6 Å². The summed E-state index contributed by atoms with van der Waals surface area (Å²) in [6.07, 6.45) is 8.18. The molecule has 0 spiro atoms. The highest BCUT2D eigenvalue weighted by atomic mass is 32.2. The zero-order valence-electron chi connectivity index (χ0n) is 15.6. The fourth-order valence-electron chi connectivity index (χ4n) is 3.31. The molecule has 1 N–H and O–H groups in total. The van der Waals surface area contributed by atoms with E-state index in [2.05, 4.69) is 24.7 Å². The molecule has 29 heavy (non-hydrogen) atoms. The lowest BCUT2D eigenvalue weighted by atomic mass is 10.0. The molecule has 0 atom stereocenters. The highest BCUT2D eigenvalue weighted by Crippen LogP contribution is 2.37. The predicted molar refractivity (Wildman–Crippen MR) is 105 cm³/mol. The van der Waals surface area contributed by atoms with Crippen molar-refractivity contribution < 1.29 is 13.4 Å². The first-order valence-corrected chi connectivity index (χ1v) is 10.3. The van der Waals surface area contributed by atoms with Crippen molar-refractivity contribution in [1.29, 1.82) is 0 Å². The van der Waals surface area contributed by atoms with Gasteiger partial charge >= 0.3 is 6.03 Å². The number of pyridine rings is 2. The van der Waals surface area contributed by atoms with Gasteiger partial charge < -0.3 is 13.9 Å². The third-order valence-corrected chi connectivity index (χ3v) is 5.60. The number of fused-ring (bicyclic) bond motifs is 1. The summed E-state index contributed by atoms with van der Waals surface area (Å²) in [5.74, 6) is -0.520. The van der Waals surface area contributed by atoms with Crippen LogP contribution in [0, 0.1) is 5.82 Å². The third kappa shape index (κ3) is 3.88. The smallest absolute Gasteiger partial charge is 0.322 e. The molecule has 0 radical (unpaired) electrons. The first-order chi connectivity index (χ1) is 14.1. The number of hydrogen-bond acceptors (Lipinski definition) is 6. The molecule has 3 heterocycles. The second kappa shape index (κ2) is 8.08. The summed E-state index contributed by atoms with van der Waals surface area (Å²) in [6.45, 7) is 2.51. The van der Waals surface area contributed by atoms with Crippen LogP contribution in [0.15, 0.2) is 46.3 Å². The number of aromatic nitrogens is 4. The average molecular weight is 413 g/mol. The average Bonchev–Trinajstić information content (AvgIpc) is 3.38. The summed E-state index contributed by atoms with van der Waals surface area (Å²) in [7, 11) is -1.94. The van der Waals surface area contributed by atoms with Gasteiger partial charge in [0, 0.05) is 47.0 Å². The number of hydrogen-bond donors (Lipinski definition) is 1. The van der Waals surface area contributed by atoms with Crippen LogP contribution in [-0.4, -0.2) is 25.8 Å². The normalized spacial score (nSPS) is 14.0. The second-order valence-electron chi connectivity index (χ2n) is 6.46. The Morgan fingerprint density at radius 3 is 2.93 bits per heavy atom. The SMILES string of the molecule is CCn1ccc([S-](=O)=NC(=O)Nc2c(-c3ccncc3F)cnc3c2CCC3)n1. The van der Waals surface area contributed by atoms with E-state index in [1.54, 1.807) is 16.9 Å². The Morgan fingerprint density at radius 2 is 2.17 bits per heavy atom. The molecule has 1 aliphatic carbocycles. The van der Waals surface area contributed by atoms with Crippen LogP contribution in [0.4, 0.5) is 14.9 Å². The number of halogens is 1. The number of nitrogens with one attached hydrogen (secondary N) is 1. The lowest BCUT2D eigenvalue weighted by molar-refractivity contribution is 0.260. The van der Waals surface area contributed by atoms with Gasteiger partial charge in [0.1, 0.15) is 5.82 Å². The van der Waals surface area contributed by atoms with Crippen molar-refractivity contribution in [3.05, 3.63) is 54.0 Å². The van der Waals surface area contributed by atoms with Crippen molar-refractivity contribution in [2.45, 2.75) is 37.8 Å². The van der Waals surface area contributed by atoms with E-state index < -0.39 is 22.4 Å². The molecule has 0 saturated heterocycles. The minimum absolute atomic E-state index is 0.197. The lowest BCUT2D eigenvalue weighted by Crippen LogP contribution is -2.11. The number of carbonyl (C=O) groups excluding carboxylic acids is 1. The van der Waals surface area contributed by atoms with Gasteiger partial charge in [0.15, 0.2) is 0 Å². The number of aryl methyl sites for hydroxylation is 2. The molecular formula is C19H18FN6O2S-. The zero-order valence-corrected chi connectivity index (χ0v) is 16.4.